The third-order valence-corrected chi connectivity index (χ3v) is 6.33. The predicted molar refractivity (Wildman–Crippen MR) is 90.8 cm³/mol. The molecule has 0 aromatic carbocycles. The van der Waals surface area contributed by atoms with Crippen LogP contribution in [0.25, 0.3) is 0 Å². The Kier molecular flexibility index (Phi) is 4.31. The molecule has 4 N–H and O–H groups in total. The first kappa shape index (κ1) is 15.6. The number of nitrogen functional groups attached to an aromatic ring is 2. The molecular formula is C14H22N6S2. The second-order valence-electron chi connectivity index (χ2n) is 6.48. The van der Waals surface area contributed by atoms with Gasteiger partial charge in [-0.3, -0.25) is 0 Å². The molecule has 0 saturated heterocycles. The van der Waals surface area contributed by atoms with Crippen molar-refractivity contribution >= 4 is 32.9 Å². The van der Waals surface area contributed by atoms with E-state index in [1.807, 2.05) is 0 Å². The van der Waals surface area contributed by atoms with Gasteiger partial charge in [-0.2, -0.15) is 0 Å². The van der Waals surface area contributed by atoms with Crippen LogP contribution in [0.3, 0.4) is 0 Å². The quantitative estimate of drug-likeness (QED) is 0.868. The Hall–Kier alpha value is -1.28. The minimum atomic E-state index is 0.265. The summed E-state index contributed by atoms with van der Waals surface area (Å²) in [4.78, 5) is 0. The van der Waals surface area contributed by atoms with E-state index in [-0.39, 0.29) is 5.41 Å². The van der Waals surface area contributed by atoms with Crippen LogP contribution >= 0.6 is 22.7 Å². The van der Waals surface area contributed by atoms with E-state index < -0.39 is 0 Å². The lowest BCUT2D eigenvalue weighted by Crippen LogP contribution is -2.20. The topological polar surface area (TPSA) is 104 Å². The number of hydrogen-bond donors (Lipinski definition) is 2. The molecule has 1 saturated carbocycles. The second-order valence-corrected chi connectivity index (χ2v) is 8.61. The summed E-state index contributed by atoms with van der Waals surface area (Å²) in [6.45, 7) is 4.63. The highest BCUT2D eigenvalue weighted by Crippen LogP contribution is 2.55. The van der Waals surface area contributed by atoms with Gasteiger partial charge >= 0.3 is 0 Å². The normalized spacial score (nSPS) is 28.3. The van der Waals surface area contributed by atoms with Crippen LogP contribution in [0.1, 0.15) is 55.5 Å². The van der Waals surface area contributed by atoms with Crippen molar-refractivity contribution in [3.63, 3.8) is 0 Å². The lowest BCUT2D eigenvalue weighted by Gasteiger charge is -2.29. The molecule has 1 aliphatic carbocycles. The van der Waals surface area contributed by atoms with Crippen LogP contribution < -0.4 is 11.5 Å². The number of nitrogens with two attached hydrogens (primary N) is 2. The molecule has 2 heterocycles. The first-order valence-corrected chi connectivity index (χ1v) is 9.30. The fraction of sp³-hybridized carbons (Fsp3) is 0.714. The predicted octanol–water partition coefficient (Wildman–Crippen LogP) is 3.10. The van der Waals surface area contributed by atoms with Crippen molar-refractivity contribution in [2.45, 2.75) is 51.9 Å². The molecular weight excluding hydrogens is 316 g/mol. The van der Waals surface area contributed by atoms with E-state index in [4.69, 9.17) is 11.5 Å². The SMILES string of the molecule is CCCC1(C)CC(Cc2nnc(N)s2)CC1c1nnc(N)s1. The van der Waals surface area contributed by atoms with Gasteiger partial charge in [-0.05, 0) is 30.6 Å². The molecule has 2 aromatic rings. The van der Waals surface area contributed by atoms with Gasteiger partial charge in [-0.15, -0.1) is 20.4 Å². The molecule has 22 heavy (non-hydrogen) atoms. The summed E-state index contributed by atoms with van der Waals surface area (Å²) < 4.78 is 0. The molecule has 0 amide bonds. The standard InChI is InChI=1S/C14H22N6S2/c1-3-4-14(2)7-8(6-10-17-19-12(15)21-10)5-9(14)11-18-20-13(16)22-11/h8-9H,3-7H2,1-2H3,(H2,15,19)(H2,16,20). The van der Waals surface area contributed by atoms with E-state index in [2.05, 4.69) is 34.2 Å². The molecule has 1 aliphatic rings. The maximum Gasteiger partial charge on any atom is 0.203 e. The molecule has 0 aliphatic heterocycles. The van der Waals surface area contributed by atoms with Gasteiger partial charge in [0.15, 0.2) is 0 Å². The van der Waals surface area contributed by atoms with Crippen LogP contribution in [-0.4, -0.2) is 20.4 Å². The van der Waals surface area contributed by atoms with Crippen LogP contribution in [0.4, 0.5) is 10.3 Å². The van der Waals surface area contributed by atoms with Gasteiger partial charge in [0.2, 0.25) is 10.3 Å². The van der Waals surface area contributed by atoms with Crippen LogP contribution in [0, 0.1) is 11.3 Å². The molecule has 0 bridgehead atoms. The highest BCUT2D eigenvalue weighted by molar-refractivity contribution is 7.15. The maximum absolute atomic E-state index is 5.78. The van der Waals surface area contributed by atoms with Gasteiger partial charge in [-0.25, -0.2) is 0 Å². The van der Waals surface area contributed by atoms with E-state index in [1.165, 1.54) is 41.9 Å². The number of anilines is 2. The summed E-state index contributed by atoms with van der Waals surface area (Å²) in [5.41, 5.74) is 11.7. The maximum atomic E-state index is 5.78. The van der Waals surface area contributed by atoms with Gasteiger partial charge < -0.3 is 11.5 Å². The summed E-state index contributed by atoms with van der Waals surface area (Å²) in [6.07, 6.45) is 5.64. The number of hydrogen-bond acceptors (Lipinski definition) is 8. The Morgan fingerprint density at radius 2 is 1.86 bits per heavy atom. The van der Waals surface area contributed by atoms with Crippen molar-refractivity contribution in [3.8, 4) is 0 Å². The molecule has 120 valence electrons. The van der Waals surface area contributed by atoms with Crippen molar-refractivity contribution in [2.24, 2.45) is 11.3 Å². The zero-order valence-corrected chi connectivity index (χ0v) is 14.6. The Labute approximate surface area is 138 Å². The molecule has 3 rings (SSSR count). The fourth-order valence-corrected chi connectivity index (χ4v) is 5.51. The summed E-state index contributed by atoms with van der Waals surface area (Å²) in [5, 5.41) is 19.7. The monoisotopic (exact) mass is 338 g/mol. The lowest BCUT2D eigenvalue weighted by molar-refractivity contribution is 0.257. The Balaban J connectivity index is 1.79. The van der Waals surface area contributed by atoms with Gasteiger partial charge in [0.1, 0.15) is 10.0 Å². The molecule has 2 aromatic heterocycles. The Bertz CT molecular complexity index is 639. The van der Waals surface area contributed by atoms with Crippen molar-refractivity contribution < 1.29 is 0 Å². The van der Waals surface area contributed by atoms with Gasteiger partial charge in [-0.1, -0.05) is 42.9 Å². The first-order valence-electron chi connectivity index (χ1n) is 7.67. The van der Waals surface area contributed by atoms with E-state index in [1.54, 1.807) is 0 Å². The molecule has 1 fully saturated rings. The van der Waals surface area contributed by atoms with Crippen LogP contribution in [0.2, 0.25) is 0 Å². The summed E-state index contributed by atoms with van der Waals surface area (Å²) in [7, 11) is 0. The van der Waals surface area contributed by atoms with Crippen LogP contribution in [0.5, 0.6) is 0 Å². The largest absolute Gasteiger partial charge is 0.374 e. The Morgan fingerprint density at radius 3 is 2.45 bits per heavy atom. The van der Waals surface area contributed by atoms with Gasteiger partial charge in [0.25, 0.3) is 0 Å². The minimum Gasteiger partial charge on any atom is -0.374 e. The molecule has 3 atom stereocenters. The summed E-state index contributed by atoms with van der Waals surface area (Å²) in [5.74, 6) is 1.04. The van der Waals surface area contributed by atoms with Gasteiger partial charge in [0, 0.05) is 12.3 Å². The minimum absolute atomic E-state index is 0.265. The Morgan fingerprint density at radius 1 is 1.14 bits per heavy atom. The second kappa shape index (κ2) is 6.08. The van der Waals surface area contributed by atoms with Crippen molar-refractivity contribution in [2.75, 3.05) is 11.5 Å². The van der Waals surface area contributed by atoms with E-state index in [0.29, 0.717) is 22.1 Å². The van der Waals surface area contributed by atoms with Gasteiger partial charge in [0.05, 0.1) is 0 Å². The van der Waals surface area contributed by atoms with E-state index in [0.717, 1.165) is 22.9 Å². The summed E-state index contributed by atoms with van der Waals surface area (Å²) in [6, 6.07) is 0. The first-order chi connectivity index (χ1) is 10.5. The van der Waals surface area contributed by atoms with Crippen molar-refractivity contribution in [1.82, 2.24) is 20.4 Å². The van der Waals surface area contributed by atoms with Crippen molar-refractivity contribution in [3.05, 3.63) is 10.0 Å². The number of nitrogens with zero attached hydrogens (tertiary/aromatic N) is 4. The van der Waals surface area contributed by atoms with Crippen LogP contribution in [0.15, 0.2) is 0 Å². The molecule has 3 unspecified atom stereocenters. The third kappa shape index (κ3) is 3.08. The molecule has 0 spiro atoms. The van der Waals surface area contributed by atoms with E-state index >= 15 is 0 Å². The smallest absolute Gasteiger partial charge is 0.203 e. The highest BCUT2D eigenvalue weighted by atomic mass is 32.1. The molecule has 6 nitrogen and oxygen atoms in total. The average molecular weight is 339 g/mol. The third-order valence-electron chi connectivity index (χ3n) is 4.69. The highest BCUT2D eigenvalue weighted by Gasteiger charge is 2.45. The molecule has 8 heteroatoms. The lowest BCUT2D eigenvalue weighted by atomic mass is 9.76. The zero-order chi connectivity index (χ0) is 15.7. The van der Waals surface area contributed by atoms with E-state index in [9.17, 15) is 0 Å². The zero-order valence-electron chi connectivity index (χ0n) is 13.0. The number of rotatable bonds is 5. The average Bonchev–Trinajstić information content (AvgIpc) is 3.11. The fourth-order valence-electron chi connectivity index (χ4n) is 3.89. The summed E-state index contributed by atoms with van der Waals surface area (Å²) >= 11 is 3.04. The van der Waals surface area contributed by atoms with Crippen molar-refractivity contribution in [1.29, 1.82) is 0 Å². The number of aromatic nitrogens is 4. The van der Waals surface area contributed by atoms with Crippen LogP contribution in [-0.2, 0) is 6.42 Å². The molecule has 0 radical (unpaired) electrons.